The van der Waals surface area contributed by atoms with Crippen LogP contribution in [-0.4, -0.2) is 33.7 Å². The summed E-state index contributed by atoms with van der Waals surface area (Å²) in [6, 6.07) is 7.47. The molecule has 2 rings (SSSR count). The molecule has 1 aromatic heterocycles. The molecular formula is C11H11FN4O. The number of nitrogens with zero attached hydrogens (tertiary/aromatic N) is 4. The van der Waals surface area contributed by atoms with Crippen LogP contribution in [0.2, 0.25) is 0 Å². The lowest BCUT2D eigenvalue weighted by Gasteiger charge is -2.03. The zero-order chi connectivity index (χ0) is 11.9. The molecule has 0 bridgehead atoms. The van der Waals surface area contributed by atoms with E-state index in [0.29, 0.717) is 12.4 Å². The van der Waals surface area contributed by atoms with E-state index in [2.05, 4.69) is 20.4 Å². The van der Waals surface area contributed by atoms with Crippen molar-refractivity contribution in [3.05, 3.63) is 36.2 Å². The summed E-state index contributed by atoms with van der Waals surface area (Å²) < 4.78 is 16.9. The van der Waals surface area contributed by atoms with Crippen molar-refractivity contribution in [3.63, 3.8) is 0 Å². The van der Waals surface area contributed by atoms with Crippen molar-refractivity contribution in [2.75, 3.05) is 13.3 Å². The Morgan fingerprint density at radius 3 is 2.41 bits per heavy atom. The maximum Gasteiger partial charge on any atom is 0.203 e. The minimum absolute atomic E-state index is 0.122. The molecule has 0 saturated carbocycles. The van der Waals surface area contributed by atoms with Gasteiger partial charge in [-0.15, -0.1) is 20.4 Å². The van der Waals surface area contributed by atoms with Crippen LogP contribution >= 0.6 is 0 Å². The molecule has 5 nitrogen and oxygen atoms in total. The molecule has 0 aliphatic heterocycles. The van der Waals surface area contributed by atoms with E-state index in [1.165, 1.54) is 6.33 Å². The molecule has 0 aliphatic carbocycles. The molecule has 0 atom stereocenters. The second-order valence-electron chi connectivity index (χ2n) is 3.31. The fourth-order valence-corrected chi connectivity index (χ4v) is 1.31. The summed E-state index contributed by atoms with van der Waals surface area (Å²) in [5.41, 5.74) is 1.80. The van der Waals surface area contributed by atoms with Crippen LogP contribution in [0.3, 0.4) is 0 Å². The van der Waals surface area contributed by atoms with Crippen LogP contribution < -0.4 is 0 Å². The largest absolute Gasteiger partial charge is 0.374 e. The van der Waals surface area contributed by atoms with E-state index in [-0.39, 0.29) is 6.61 Å². The first-order chi connectivity index (χ1) is 8.40. The van der Waals surface area contributed by atoms with E-state index >= 15 is 0 Å². The lowest BCUT2D eigenvalue weighted by atomic mass is 10.1. The fraction of sp³-hybridized carbons (Fsp3) is 0.273. The van der Waals surface area contributed by atoms with Crippen LogP contribution in [0.25, 0.3) is 11.4 Å². The second-order valence-corrected chi connectivity index (χ2v) is 3.31. The Hall–Kier alpha value is -1.95. The summed E-state index contributed by atoms with van der Waals surface area (Å²) in [6.07, 6.45) is 1.28. The van der Waals surface area contributed by atoms with Gasteiger partial charge in [0.1, 0.15) is 6.67 Å². The molecule has 0 fully saturated rings. The molecular weight excluding hydrogens is 222 g/mol. The fourth-order valence-electron chi connectivity index (χ4n) is 1.31. The van der Waals surface area contributed by atoms with Crippen molar-refractivity contribution in [1.82, 2.24) is 20.4 Å². The zero-order valence-electron chi connectivity index (χ0n) is 9.08. The molecule has 1 aromatic carbocycles. The van der Waals surface area contributed by atoms with Gasteiger partial charge < -0.3 is 4.74 Å². The number of ether oxygens (including phenoxy) is 1. The monoisotopic (exact) mass is 233 g/mol. The minimum atomic E-state index is -0.465. The van der Waals surface area contributed by atoms with Crippen LogP contribution in [0.1, 0.15) is 5.56 Å². The number of alkyl halides is 1. The molecule has 1 heterocycles. The smallest absolute Gasteiger partial charge is 0.203 e. The van der Waals surface area contributed by atoms with E-state index in [1.807, 2.05) is 24.3 Å². The van der Waals surface area contributed by atoms with E-state index in [0.717, 1.165) is 11.1 Å². The molecule has 0 saturated heterocycles. The third-order valence-corrected chi connectivity index (χ3v) is 2.11. The Bertz CT molecular complexity index is 449. The van der Waals surface area contributed by atoms with Gasteiger partial charge in [-0.25, -0.2) is 4.39 Å². The predicted molar refractivity (Wildman–Crippen MR) is 58.7 cm³/mol. The standard InChI is InChI=1S/C11H11FN4O/c12-5-6-17-7-9-1-3-10(4-2-9)11-15-13-8-14-16-11/h1-4,8H,5-7H2/i12-1. The first kappa shape index (κ1) is 11.5. The number of hydrogen-bond acceptors (Lipinski definition) is 5. The first-order valence-corrected chi connectivity index (χ1v) is 5.13. The van der Waals surface area contributed by atoms with Gasteiger partial charge in [0.15, 0.2) is 6.33 Å². The highest BCUT2D eigenvalue weighted by molar-refractivity contribution is 5.53. The highest BCUT2D eigenvalue weighted by Crippen LogP contribution is 2.14. The maximum atomic E-state index is 11.8. The average molecular weight is 233 g/mol. The molecule has 88 valence electrons. The molecule has 0 spiro atoms. The van der Waals surface area contributed by atoms with Crippen molar-refractivity contribution in [1.29, 1.82) is 0 Å². The molecule has 0 aliphatic rings. The van der Waals surface area contributed by atoms with Gasteiger partial charge >= 0.3 is 0 Å². The van der Waals surface area contributed by atoms with Gasteiger partial charge in [0, 0.05) is 5.56 Å². The molecule has 6 heteroatoms. The van der Waals surface area contributed by atoms with Gasteiger partial charge in [0.2, 0.25) is 5.82 Å². The summed E-state index contributed by atoms with van der Waals surface area (Å²) in [5.74, 6) is 0.476. The number of rotatable bonds is 5. The highest BCUT2D eigenvalue weighted by atomic mass is 18.2. The molecule has 0 N–H and O–H groups in total. The zero-order valence-corrected chi connectivity index (χ0v) is 9.08. The van der Waals surface area contributed by atoms with Gasteiger partial charge in [-0.1, -0.05) is 24.3 Å². The summed E-state index contributed by atoms with van der Waals surface area (Å²) in [5, 5.41) is 15.0. The number of hydrogen-bond donors (Lipinski definition) is 0. The number of benzene rings is 1. The van der Waals surface area contributed by atoms with E-state index in [1.54, 1.807) is 0 Å². The van der Waals surface area contributed by atoms with Crippen molar-refractivity contribution in [2.45, 2.75) is 6.61 Å². The SMILES string of the molecule is [18F]CCOCc1ccc(-c2nncnn2)cc1. The van der Waals surface area contributed by atoms with Gasteiger partial charge in [-0.3, -0.25) is 0 Å². The van der Waals surface area contributed by atoms with E-state index in [9.17, 15) is 4.39 Å². The molecule has 17 heavy (non-hydrogen) atoms. The summed E-state index contributed by atoms with van der Waals surface area (Å²) >= 11 is 0. The van der Waals surface area contributed by atoms with Crippen LogP contribution in [-0.2, 0) is 11.3 Å². The maximum absolute atomic E-state index is 11.8. The summed E-state index contributed by atoms with van der Waals surface area (Å²) in [6.45, 7) is 0.0566. The molecule has 0 unspecified atom stereocenters. The van der Waals surface area contributed by atoms with Crippen LogP contribution in [0, 0.1) is 0 Å². The topological polar surface area (TPSA) is 60.8 Å². The summed E-state index contributed by atoms with van der Waals surface area (Å²) in [4.78, 5) is 0. The van der Waals surface area contributed by atoms with Gasteiger partial charge in [0.25, 0.3) is 0 Å². The van der Waals surface area contributed by atoms with E-state index in [4.69, 9.17) is 4.74 Å². The second kappa shape index (κ2) is 5.95. The van der Waals surface area contributed by atoms with Crippen molar-refractivity contribution < 1.29 is 9.13 Å². The average Bonchev–Trinajstić information content (AvgIpc) is 2.41. The van der Waals surface area contributed by atoms with Crippen molar-refractivity contribution >= 4 is 0 Å². The van der Waals surface area contributed by atoms with Crippen LogP contribution in [0.4, 0.5) is 4.39 Å². The predicted octanol–water partition coefficient (Wildman–Crippen LogP) is 1.42. The molecule has 0 radical (unpaired) electrons. The van der Waals surface area contributed by atoms with Gasteiger partial charge in [-0.05, 0) is 5.56 Å². The van der Waals surface area contributed by atoms with Crippen LogP contribution in [0.15, 0.2) is 30.6 Å². The lowest BCUT2D eigenvalue weighted by molar-refractivity contribution is 0.106. The summed E-state index contributed by atoms with van der Waals surface area (Å²) in [7, 11) is 0. The number of halogens is 1. The Balaban J connectivity index is 2.03. The Morgan fingerprint density at radius 2 is 1.76 bits per heavy atom. The molecule has 0 amide bonds. The lowest BCUT2D eigenvalue weighted by Crippen LogP contribution is -1.97. The molecule has 2 aromatic rings. The first-order valence-electron chi connectivity index (χ1n) is 5.13. The highest BCUT2D eigenvalue weighted by Gasteiger charge is 2.01. The quantitative estimate of drug-likeness (QED) is 0.731. The third-order valence-electron chi connectivity index (χ3n) is 2.11. The minimum Gasteiger partial charge on any atom is -0.374 e. The van der Waals surface area contributed by atoms with Crippen molar-refractivity contribution in [2.24, 2.45) is 0 Å². The van der Waals surface area contributed by atoms with Gasteiger partial charge in [0.05, 0.1) is 13.2 Å². The Labute approximate surface area is 97.7 Å². The third kappa shape index (κ3) is 3.25. The van der Waals surface area contributed by atoms with Gasteiger partial charge in [-0.2, -0.15) is 0 Å². The van der Waals surface area contributed by atoms with E-state index < -0.39 is 6.67 Å². The van der Waals surface area contributed by atoms with Crippen LogP contribution in [0.5, 0.6) is 0 Å². The Kier molecular flexibility index (Phi) is 4.04. The Morgan fingerprint density at radius 1 is 1.06 bits per heavy atom. The normalized spacial score (nSPS) is 10.4. The number of aromatic nitrogens is 4. The van der Waals surface area contributed by atoms with Crippen molar-refractivity contribution in [3.8, 4) is 11.4 Å².